The largest absolute Gasteiger partial charge is 0.478 e. The van der Waals surface area contributed by atoms with Crippen LogP contribution in [0.1, 0.15) is 10.4 Å². The standard InChI is InChI=1S/C7H3ClN2O2S/c8-3-1-2-4-6(10-13-9-4)5(3)7(11)12/h1-2H,(H,11,12). The van der Waals surface area contributed by atoms with E-state index in [1.165, 1.54) is 6.07 Å². The number of hydrogen-bond acceptors (Lipinski definition) is 4. The molecular weight excluding hydrogens is 212 g/mol. The first-order chi connectivity index (χ1) is 6.20. The van der Waals surface area contributed by atoms with Crippen molar-refractivity contribution in [2.24, 2.45) is 0 Å². The van der Waals surface area contributed by atoms with Crippen LogP contribution in [0.2, 0.25) is 5.02 Å². The van der Waals surface area contributed by atoms with E-state index in [4.69, 9.17) is 16.7 Å². The van der Waals surface area contributed by atoms with E-state index in [9.17, 15) is 4.79 Å². The zero-order chi connectivity index (χ0) is 9.42. The molecule has 1 heterocycles. The Hall–Kier alpha value is -1.20. The van der Waals surface area contributed by atoms with Crippen LogP contribution in [0.3, 0.4) is 0 Å². The van der Waals surface area contributed by atoms with E-state index in [1.54, 1.807) is 6.07 Å². The maximum absolute atomic E-state index is 10.8. The Bertz CT molecular complexity index is 482. The van der Waals surface area contributed by atoms with Crippen molar-refractivity contribution in [2.75, 3.05) is 0 Å². The van der Waals surface area contributed by atoms with Crippen LogP contribution in [0, 0.1) is 0 Å². The Morgan fingerprint density at radius 2 is 2.23 bits per heavy atom. The van der Waals surface area contributed by atoms with Crippen molar-refractivity contribution in [3.05, 3.63) is 22.7 Å². The van der Waals surface area contributed by atoms with Crippen molar-refractivity contribution in [3.63, 3.8) is 0 Å². The second-order valence-electron chi connectivity index (χ2n) is 2.36. The van der Waals surface area contributed by atoms with Crippen LogP contribution in [0.4, 0.5) is 0 Å². The summed E-state index contributed by atoms with van der Waals surface area (Å²) in [7, 11) is 0. The first-order valence-corrected chi connectivity index (χ1v) is 4.45. The second-order valence-corrected chi connectivity index (χ2v) is 3.30. The highest BCUT2D eigenvalue weighted by Crippen LogP contribution is 2.24. The monoisotopic (exact) mass is 214 g/mol. The Morgan fingerprint density at radius 1 is 1.46 bits per heavy atom. The molecule has 0 spiro atoms. The normalized spacial score (nSPS) is 10.5. The summed E-state index contributed by atoms with van der Waals surface area (Å²) in [5.74, 6) is -1.08. The van der Waals surface area contributed by atoms with E-state index in [0.717, 1.165) is 11.7 Å². The molecule has 0 unspecified atom stereocenters. The maximum Gasteiger partial charge on any atom is 0.339 e. The van der Waals surface area contributed by atoms with Gasteiger partial charge in [0.05, 0.1) is 16.8 Å². The lowest BCUT2D eigenvalue weighted by Gasteiger charge is -1.97. The third kappa shape index (κ3) is 1.26. The van der Waals surface area contributed by atoms with Gasteiger partial charge in [0.2, 0.25) is 0 Å². The van der Waals surface area contributed by atoms with Crippen LogP contribution in [0.5, 0.6) is 0 Å². The van der Waals surface area contributed by atoms with Crippen LogP contribution in [-0.4, -0.2) is 19.8 Å². The minimum Gasteiger partial charge on any atom is -0.478 e. The Morgan fingerprint density at radius 3 is 2.92 bits per heavy atom. The summed E-state index contributed by atoms with van der Waals surface area (Å²) < 4.78 is 7.78. The van der Waals surface area contributed by atoms with E-state index < -0.39 is 5.97 Å². The number of aromatic carboxylic acids is 1. The number of halogens is 1. The SMILES string of the molecule is O=C(O)c1c(Cl)ccc2nsnc12. The number of fused-ring (bicyclic) bond motifs is 1. The third-order valence-corrected chi connectivity index (χ3v) is 2.45. The summed E-state index contributed by atoms with van der Waals surface area (Å²) in [6, 6.07) is 3.16. The van der Waals surface area contributed by atoms with Crippen molar-refractivity contribution in [3.8, 4) is 0 Å². The molecular formula is C7H3ClN2O2S. The highest BCUT2D eigenvalue weighted by atomic mass is 35.5. The van der Waals surface area contributed by atoms with Gasteiger partial charge in [-0.05, 0) is 12.1 Å². The number of rotatable bonds is 1. The molecule has 0 atom stereocenters. The zero-order valence-electron chi connectivity index (χ0n) is 6.19. The summed E-state index contributed by atoms with van der Waals surface area (Å²) in [6.45, 7) is 0. The zero-order valence-corrected chi connectivity index (χ0v) is 7.76. The van der Waals surface area contributed by atoms with Gasteiger partial charge in [-0.1, -0.05) is 11.6 Å². The summed E-state index contributed by atoms with van der Waals surface area (Å²) in [6.07, 6.45) is 0. The molecule has 0 bridgehead atoms. The quantitative estimate of drug-likeness (QED) is 0.789. The van der Waals surface area contributed by atoms with E-state index in [1.807, 2.05) is 0 Å². The molecule has 1 aromatic carbocycles. The van der Waals surface area contributed by atoms with Crippen LogP contribution in [-0.2, 0) is 0 Å². The molecule has 0 saturated heterocycles. The average molecular weight is 215 g/mol. The summed E-state index contributed by atoms with van der Waals surface area (Å²) in [5, 5.41) is 9.02. The topological polar surface area (TPSA) is 63.1 Å². The number of hydrogen-bond donors (Lipinski definition) is 1. The van der Waals surface area contributed by atoms with Gasteiger partial charge in [0.1, 0.15) is 16.6 Å². The third-order valence-electron chi connectivity index (χ3n) is 1.59. The van der Waals surface area contributed by atoms with Gasteiger partial charge in [0, 0.05) is 0 Å². The van der Waals surface area contributed by atoms with E-state index in [2.05, 4.69) is 8.75 Å². The minimum atomic E-state index is -1.08. The van der Waals surface area contributed by atoms with Gasteiger partial charge in [-0.2, -0.15) is 8.75 Å². The Balaban J connectivity index is 2.88. The fraction of sp³-hybridized carbons (Fsp3) is 0. The highest BCUT2D eigenvalue weighted by Gasteiger charge is 2.15. The lowest BCUT2D eigenvalue weighted by Crippen LogP contribution is -1.98. The fourth-order valence-electron chi connectivity index (χ4n) is 1.03. The summed E-state index contributed by atoms with van der Waals surface area (Å²) in [5.41, 5.74) is 0.935. The molecule has 66 valence electrons. The van der Waals surface area contributed by atoms with Gasteiger partial charge in [-0.15, -0.1) is 0 Å². The molecule has 1 aromatic heterocycles. The summed E-state index contributed by atoms with van der Waals surface area (Å²) >= 11 is 6.68. The van der Waals surface area contributed by atoms with Crippen molar-refractivity contribution in [1.82, 2.24) is 8.75 Å². The number of carbonyl (C=O) groups is 1. The highest BCUT2D eigenvalue weighted by molar-refractivity contribution is 7.00. The molecule has 13 heavy (non-hydrogen) atoms. The molecule has 4 nitrogen and oxygen atoms in total. The van der Waals surface area contributed by atoms with Gasteiger partial charge >= 0.3 is 5.97 Å². The first-order valence-electron chi connectivity index (χ1n) is 3.34. The van der Waals surface area contributed by atoms with Gasteiger partial charge in [-0.3, -0.25) is 0 Å². The number of nitrogens with zero attached hydrogens (tertiary/aromatic N) is 2. The molecule has 2 aromatic rings. The molecule has 0 aliphatic rings. The molecule has 0 saturated carbocycles. The fourth-order valence-corrected chi connectivity index (χ4v) is 1.81. The smallest absolute Gasteiger partial charge is 0.339 e. The molecule has 2 rings (SSSR count). The minimum absolute atomic E-state index is 0.0212. The van der Waals surface area contributed by atoms with Crippen molar-refractivity contribution in [1.29, 1.82) is 0 Å². The van der Waals surface area contributed by atoms with Gasteiger partial charge in [0.25, 0.3) is 0 Å². The van der Waals surface area contributed by atoms with Gasteiger partial charge < -0.3 is 5.11 Å². The van der Waals surface area contributed by atoms with Crippen molar-refractivity contribution in [2.45, 2.75) is 0 Å². The molecule has 0 amide bonds. The van der Waals surface area contributed by atoms with E-state index in [-0.39, 0.29) is 10.6 Å². The Kier molecular flexibility index (Phi) is 1.90. The summed E-state index contributed by atoms with van der Waals surface area (Å²) in [4.78, 5) is 10.8. The van der Waals surface area contributed by atoms with Gasteiger partial charge in [0.15, 0.2) is 0 Å². The van der Waals surface area contributed by atoms with Crippen LogP contribution in [0.25, 0.3) is 11.0 Å². The Labute approximate surface area is 82.1 Å². The predicted molar refractivity (Wildman–Crippen MR) is 49.4 cm³/mol. The van der Waals surface area contributed by atoms with E-state index in [0.29, 0.717) is 11.0 Å². The lowest BCUT2D eigenvalue weighted by atomic mass is 10.2. The molecule has 0 fully saturated rings. The van der Waals surface area contributed by atoms with Crippen LogP contribution in [0.15, 0.2) is 12.1 Å². The van der Waals surface area contributed by atoms with E-state index >= 15 is 0 Å². The van der Waals surface area contributed by atoms with Crippen molar-refractivity contribution < 1.29 is 9.90 Å². The second kappa shape index (κ2) is 2.93. The molecule has 0 radical (unpaired) electrons. The number of carboxylic acids is 1. The predicted octanol–water partition coefficient (Wildman–Crippen LogP) is 2.04. The number of aromatic nitrogens is 2. The average Bonchev–Trinajstić information content (AvgIpc) is 2.50. The first kappa shape index (κ1) is 8.40. The van der Waals surface area contributed by atoms with Gasteiger partial charge in [-0.25, -0.2) is 4.79 Å². The number of carboxylic acid groups (broad SMARTS) is 1. The molecule has 1 N–H and O–H groups in total. The van der Waals surface area contributed by atoms with Crippen molar-refractivity contribution >= 4 is 40.3 Å². The molecule has 6 heteroatoms. The maximum atomic E-state index is 10.8. The number of benzene rings is 1. The van der Waals surface area contributed by atoms with Crippen LogP contribution < -0.4 is 0 Å². The lowest BCUT2D eigenvalue weighted by molar-refractivity contribution is 0.0699. The van der Waals surface area contributed by atoms with Crippen LogP contribution >= 0.6 is 23.3 Å². The molecule has 0 aliphatic heterocycles. The molecule has 0 aliphatic carbocycles.